The van der Waals surface area contributed by atoms with Gasteiger partial charge in [0.2, 0.25) is 0 Å². The summed E-state index contributed by atoms with van der Waals surface area (Å²) in [6.07, 6.45) is 1.69. The van der Waals surface area contributed by atoms with Crippen molar-refractivity contribution in [2.24, 2.45) is 12.9 Å². The van der Waals surface area contributed by atoms with E-state index in [-0.39, 0.29) is 6.04 Å². The lowest BCUT2D eigenvalue weighted by Gasteiger charge is -2.12. The van der Waals surface area contributed by atoms with Crippen LogP contribution in [0.25, 0.3) is 11.0 Å². The molecule has 0 aliphatic rings. The fraction of sp³-hybridized carbons (Fsp3) is 0.154. The van der Waals surface area contributed by atoms with Gasteiger partial charge in [0.05, 0.1) is 6.20 Å². The average molecular weight is 257 g/mol. The molecule has 1 aromatic carbocycles. The molecule has 0 saturated heterocycles. The van der Waals surface area contributed by atoms with Crippen LogP contribution >= 0.6 is 0 Å². The lowest BCUT2D eigenvalue weighted by molar-refractivity contribution is 0.478. The third kappa shape index (κ3) is 1.87. The van der Waals surface area contributed by atoms with Crippen molar-refractivity contribution in [3.05, 3.63) is 47.9 Å². The lowest BCUT2D eigenvalue weighted by Crippen LogP contribution is -2.29. The molecule has 0 saturated carbocycles. The number of benzene rings is 1. The van der Waals surface area contributed by atoms with Crippen LogP contribution in [0.5, 0.6) is 0 Å². The Balaban J connectivity index is 2.09. The largest absolute Gasteiger partial charge is 0.459 e. The first-order valence-corrected chi connectivity index (χ1v) is 5.92. The molecule has 5 N–H and O–H groups in total. The molecule has 2 aromatic heterocycles. The van der Waals surface area contributed by atoms with Gasteiger partial charge in [-0.2, -0.15) is 5.10 Å². The Bertz CT molecular complexity index is 682. The molecular formula is C13H15N5O. The van der Waals surface area contributed by atoms with E-state index in [0.717, 1.165) is 16.5 Å². The van der Waals surface area contributed by atoms with Gasteiger partial charge in [-0.05, 0) is 12.1 Å². The zero-order valence-electron chi connectivity index (χ0n) is 10.5. The van der Waals surface area contributed by atoms with Gasteiger partial charge in [-0.25, -0.2) is 5.43 Å². The molecule has 1 atom stereocenters. The van der Waals surface area contributed by atoms with Gasteiger partial charge in [0.25, 0.3) is 0 Å². The third-order valence-electron chi connectivity index (χ3n) is 3.22. The first-order chi connectivity index (χ1) is 9.20. The quantitative estimate of drug-likeness (QED) is 0.485. The Morgan fingerprint density at radius 2 is 2.16 bits per heavy atom. The van der Waals surface area contributed by atoms with Crippen molar-refractivity contribution >= 4 is 16.8 Å². The second-order valence-electron chi connectivity index (χ2n) is 4.40. The number of fused-ring (bicyclic) bond motifs is 1. The number of furan rings is 1. The minimum absolute atomic E-state index is 0.318. The lowest BCUT2D eigenvalue weighted by atomic mass is 10.1. The number of nitrogens with zero attached hydrogens (tertiary/aromatic N) is 2. The van der Waals surface area contributed by atoms with E-state index in [0.29, 0.717) is 11.6 Å². The number of aryl methyl sites for hydroxylation is 1. The van der Waals surface area contributed by atoms with Crippen LogP contribution in [0.3, 0.4) is 0 Å². The number of hydrazine groups is 1. The second kappa shape index (κ2) is 4.42. The smallest absolute Gasteiger partial charge is 0.134 e. The first-order valence-electron chi connectivity index (χ1n) is 5.92. The third-order valence-corrected chi connectivity index (χ3v) is 3.22. The van der Waals surface area contributed by atoms with Crippen molar-refractivity contribution in [3.63, 3.8) is 0 Å². The van der Waals surface area contributed by atoms with E-state index in [2.05, 4.69) is 10.5 Å². The summed E-state index contributed by atoms with van der Waals surface area (Å²) in [6.45, 7) is 0. The average Bonchev–Trinajstić information content (AvgIpc) is 2.98. The molecule has 6 nitrogen and oxygen atoms in total. The van der Waals surface area contributed by atoms with Crippen LogP contribution in [0.2, 0.25) is 0 Å². The number of nitrogen functional groups attached to an aromatic ring is 1. The van der Waals surface area contributed by atoms with Gasteiger partial charge < -0.3 is 10.2 Å². The van der Waals surface area contributed by atoms with Crippen LogP contribution in [0.15, 0.2) is 40.9 Å². The number of anilines is 1. The molecule has 0 aliphatic carbocycles. The fourth-order valence-corrected chi connectivity index (χ4v) is 2.16. The Hall–Kier alpha value is -2.31. The molecule has 3 aromatic rings. The topological polar surface area (TPSA) is 95.0 Å². The van der Waals surface area contributed by atoms with Crippen molar-refractivity contribution in [3.8, 4) is 0 Å². The summed E-state index contributed by atoms with van der Waals surface area (Å²) in [5, 5.41) is 5.15. The molecule has 0 amide bonds. The van der Waals surface area contributed by atoms with Crippen molar-refractivity contribution in [1.29, 1.82) is 0 Å². The van der Waals surface area contributed by atoms with Crippen molar-refractivity contribution in [2.45, 2.75) is 6.04 Å². The van der Waals surface area contributed by atoms with Gasteiger partial charge in [-0.3, -0.25) is 10.5 Å². The van der Waals surface area contributed by atoms with Gasteiger partial charge in [0.1, 0.15) is 23.2 Å². The van der Waals surface area contributed by atoms with Crippen molar-refractivity contribution in [2.75, 3.05) is 5.73 Å². The number of rotatable bonds is 3. The van der Waals surface area contributed by atoms with Crippen LogP contribution in [-0.4, -0.2) is 9.78 Å². The highest BCUT2D eigenvalue weighted by atomic mass is 16.3. The van der Waals surface area contributed by atoms with E-state index < -0.39 is 0 Å². The van der Waals surface area contributed by atoms with Gasteiger partial charge in [0, 0.05) is 18.0 Å². The molecule has 19 heavy (non-hydrogen) atoms. The highest BCUT2D eigenvalue weighted by molar-refractivity contribution is 5.78. The minimum atomic E-state index is -0.318. The zero-order chi connectivity index (χ0) is 13.4. The standard InChI is InChI=1S/C13H15N5O/c1-18-13(14)9(7-16-18)12(17-15)11-6-8-4-2-3-5-10(8)19-11/h2-7,12,17H,14-15H2,1H3. The number of hydrogen-bond donors (Lipinski definition) is 3. The summed E-state index contributed by atoms with van der Waals surface area (Å²) in [5.41, 5.74) is 10.3. The van der Waals surface area contributed by atoms with E-state index in [1.165, 1.54) is 0 Å². The van der Waals surface area contributed by atoms with Gasteiger partial charge in [-0.15, -0.1) is 0 Å². The van der Waals surface area contributed by atoms with Crippen LogP contribution < -0.4 is 17.0 Å². The minimum Gasteiger partial charge on any atom is -0.459 e. The van der Waals surface area contributed by atoms with Gasteiger partial charge in [-0.1, -0.05) is 18.2 Å². The molecule has 98 valence electrons. The molecule has 2 heterocycles. The highest BCUT2D eigenvalue weighted by Crippen LogP contribution is 2.30. The van der Waals surface area contributed by atoms with Crippen LogP contribution in [-0.2, 0) is 7.05 Å². The first kappa shape index (κ1) is 11.8. The number of para-hydroxylation sites is 1. The SMILES string of the molecule is Cn1ncc(C(NN)c2cc3ccccc3o2)c1N. The maximum Gasteiger partial charge on any atom is 0.134 e. The number of nitrogens with one attached hydrogen (secondary N) is 1. The molecule has 1 unspecified atom stereocenters. The van der Waals surface area contributed by atoms with E-state index in [1.54, 1.807) is 17.9 Å². The number of nitrogens with two attached hydrogens (primary N) is 2. The molecule has 0 bridgehead atoms. The Labute approximate surface area is 110 Å². The summed E-state index contributed by atoms with van der Waals surface area (Å²) in [6, 6.07) is 9.43. The highest BCUT2D eigenvalue weighted by Gasteiger charge is 2.21. The fourth-order valence-electron chi connectivity index (χ4n) is 2.16. The summed E-state index contributed by atoms with van der Waals surface area (Å²) in [5.74, 6) is 6.90. The Kier molecular flexibility index (Phi) is 2.73. The number of aromatic nitrogens is 2. The van der Waals surface area contributed by atoms with E-state index >= 15 is 0 Å². The molecular weight excluding hydrogens is 242 g/mol. The second-order valence-corrected chi connectivity index (χ2v) is 4.40. The maximum atomic E-state index is 5.97. The summed E-state index contributed by atoms with van der Waals surface area (Å²) < 4.78 is 7.40. The van der Waals surface area contributed by atoms with Crippen LogP contribution in [0.1, 0.15) is 17.4 Å². The van der Waals surface area contributed by atoms with Gasteiger partial charge >= 0.3 is 0 Å². The molecule has 0 fully saturated rings. The normalized spacial score (nSPS) is 12.9. The van der Waals surface area contributed by atoms with Crippen molar-refractivity contribution in [1.82, 2.24) is 15.2 Å². The molecule has 6 heteroatoms. The summed E-state index contributed by atoms with van der Waals surface area (Å²) >= 11 is 0. The number of hydrogen-bond acceptors (Lipinski definition) is 5. The van der Waals surface area contributed by atoms with Crippen LogP contribution in [0, 0.1) is 0 Å². The van der Waals surface area contributed by atoms with Gasteiger partial charge in [0.15, 0.2) is 0 Å². The summed E-state index contributed by atoms with van der Waals surface area (Å²) in [4.78, 5) is 0. The molecule has 0 radical (unpaired) electrons. The van der Waals surface area contributed by atoms with Crippen molar-refractivity contribution < 1.29 is 4.42 Å². The molecule has 3 rings (SSSR count). The van der Waals surface area contributed by atoms with Crippen LogP contribution in [0.4, 0.5) is 5.82 Å². The molecule has 0 aliphatic heterocycles. The Morgan fingerprint density at radius 3 is 2.79 bits per heavy atom. The van der Waals surface area contributed by atoms with E-state index in [1.807, 2.05) is 30.3 Å². The predicted molar refractivity (Wildman–Crippen MR) is 73.0 cm³/mol. The monoisotopic (exact) mass is 257 g/mol. The Morgan fingerprint density at radius 1 is 1.37 bits per heavy atom. The predicted octanol–water partition coefficient (Wildman–Crippen LogP) is 1.30. The zero-order valence-corrected chi connectivity index (χ0v) is 10.5. The van der Waals surface area contributed by atoms with E-state index in [4.69, 9.17) is 16.0 Å². The van der Waals surface area contributed by atoms with E-state index in [9.17, 15) is 0 Å². The maximum absolute atomic E-state index is 5.97. The summed E-state index contributed by atoms with van der Waals surface area (Å²) in [7, 11) is 1.78. The molecule has 0 spiro atoms.